The molecule has 0 saturated carbocycles. The van der Waals surface area contributed by atoms with Gasteiger partial charge in [-0.05, 0) is 35.7 Å². The molecule has 0 N–H and O–H groups in total. The standard InChI is InChI=1S/C25H22N2O/c28-25(20-11-5-2-6-12-20)26-16-15-22-21-13-7-8-14-23(21)27(24(22)18-26)17-19-9-3-1-4-10-19/h1-14H,15-18H2. The van der Waals surface area contributed by atoms with Crippen LogP contribution in [0.4, 0.5) is 0 Å². The molecule has 28 heavy (non-hydrogen) atoms. The van der Waals surface area contributed by atoms with Crippen molar-refractivity contribution in [3.63, 3.8) is 0 Å². The molecule has 0 unspecified atom stereocenters. The molecular weight excluding hydrogens is 344 g/mol. The van der Waals surface area contributed by atoms with Crippen molar-refractivity contribution < 1.29 is 4.79 Å². The number of nitrogens with zero attached hydrogens (tertiary/aromatic N) is 2. The molecule has 3 heteroatoms. The molecule has 0 radical (unpaired) electrons. The zero-order chi connectivity index (χ0) is 18.9. The van der Waals surface area contributed by atoms with Gasteiger partial charge in [-0.25, -0.2) is 0 Å². The Bertz CT molecular complexity index is 1130. The van der Waals surface area contributed by atoms with E-state index in [1.165, 1.54) is 27.7 Å². The van der Waals surface area contributed by atoms with E-state index in [0.717, 1.165) is 25.1 Å². The van der Waals surface area contributed by atoms with E-state index >= 15 is 0 Å². The van der Waals surface area contributed by atoms with E-state index in [0.29, 0.717) is 6.54 Å². The fourth-order valence-electron chi connectivity index (χ4n) is 4.28. The summed E-state index contributed by atoms with van der Waals surface area (Å²) in [6.45, 7) is 2.24. The van der Waals surface area contributed by atoms with Crippen LogP contribution < -0.4 is 0 Å². The molecule has 3 aromatic carbocycles. The fraction of sp³-hybridized carbons (Fsp3) is 0.160. The summed E-state index contributed by atoms with van der Waals surface area (Å²) in [4.78, 5) is 15.0. The van der Waals surface area contributed by atoms with Gasteiger partial charge in [0, 0.05) is 35.2 Å². The van der Waals surface area contributed by atoms with Gasteiger partial charge in [-0.3, -0.25) is 4.79 Å². The quantitative estimate of drug-likeness (QED) is 0.507. The van der Waals surface area contributed by atoms with Crippen LogP contribution in [0, 0.1) is 0 Å². The number of aromatic nitrogens is 1. The number of rotatable bonds is 3. The van der Waals surface area contributed by atoms with Crippen molar-refractivity contribution in [2.75, 3.05) is 6.54 Å². The summed E-state index contributed by atoms with van der Waals surface area (Å²) >= 11 is 0. The molecule has 0 atom stereocenters. The summed E-state index contributed by atoms with van der Waals surface area (Å²) in [6.07, 6.45) is 0.899. The highest BCUT2D eigenvalue weighted by Crippen LogP contribution is 2.32. The minimum atomic E-state index is 0.114. The Morgan fingerprint density at radius 3 is 2.29 bits per heavy atom. The highest BCUT2D eigenvalue weighted by Gasteiger charge is 2.27. The summed E-state index contributed by atoms with van der Waals surface area (Å²) < 4.78 is 2.39. The van der Waals surface area contributed by atoms with Crippen molar-refractivity contribution in [1.29, 1.82) is 0 Å². The molecule has 1 amide bonds. The Morgan fingerprint density at radius 2 is 1.50 bits per heavy atom. The number of para-hydroxylation sites is 1. The molecule has 138 valence electrons. The topological polar surface area (TPSA) is 25.2 Å². The predicted molar refractivity (Wildman–Crippen MR) is 112 cm³/mol. The predicted octanol–water partition coefficient (Wildman–Crippen LogP) is 4.89. The SMILES string of the molecule is O=C(c1ccccc1)N1CCc2c(n(Cc3ccccc3)c3ccccc23)C1. The molecule has 1 aliphatic heterocycles. The Kier molecular flexibility index (Phi) is 4.21. The van der Waals surface area contributed by atoms with Crippen molar-refractivity contribution in [1.82, 2.24) is 9.47 Å². The second-order valence-corrected chi connectivity index (χ2v) is 7.36. The van der Waals surface area contributed by atoms with E-state index in [4.69, 9.17) is 0 Å². The molecule has 0 fully saturated rings. The normalized spacial score (nSPS) is 13.5. The Morgan fingerprint density at radius 1 is 0.821 bits per heavy atom. The second kappa shape index (κ2) is 7.01. The maximum atomic E-state index is 13.0. The van der Waals surface area contributed by atoms with Gasteiger partial charge in [0.2, 0.25) is 0 Å². The fourth-order valence-corrected chi connectivity index (χ4v) is 4.28. The first-order valence-corrected chi connectivity index (χ1v) is 9.78. The van der Waals surface area contributed by atoms with Crippen LogP contribution in [0.5, 0.6) is 0 Å². The minimum absolute atomic E-state index is 0.114. The van der Waals surface area contributed by atoms with Crippen LogP contribution in [0.25, 0.3) is 10.9 Å². The van der Waals surface area contributed by atoms with Gasteiger partial charge in [0.05, 0.1) is 6.54 Å². The summed E-state index contributed by atoms with van der Waals surface area (Å²) in [6, 6.07) is 28.8. The third-order valence-corrected chi connectivity index (χ3v) is 5.66. The van der Waals surface area contributed by atoms with Gasteiger partial charge in [-0.2, -0.15) is 0 Å². The van der Waals surface area contributed by atoms with Crippen molar-refractivity contribution in [3.8, 4) is 0 Å². The van der Waals surface area contributed by atoms with Crippen LogP contribution in [0.15, 0.2) is 84.9 Å². The van der Waals surface area contributed by atoms with Crippen molar-refractivity contribution in [2.45, 2.75) is 19.5 Å². The molecular formula is C25H22N2O. The lowest BCUT2D eigenvalue weighted by atomic mass is 10.0. The van der Waals surface area contributed by atoms with Crippen molar-refractivity contribution in [3.05, 3.63) is 107 Å². The van der Waals surface area contributed by atoms with Crippen molar-refractivity contribution >= 4 is 16.8 Å². The van der Waals surface area contributed by atoms with Crippen LogP contribution in [-0.4, -0.2) is 21.9 Å². The van der Waals surface area contributed by atoms with Crippen LogP contribution in [-0.2, 0) is 19.5 Å². The van der Waals surface area contributed by atoms with E-state index < -0.39 is 0 Å². The first kappa shape index (κ1) is 16.8. The van der Waals surface area contributed by atoms with Gasteiger partial charge in [-0.1, -0.05) is 66.7 Å². The third-order valence-electron chi connectivity index (χ3n) is 5.66. The third kappa shape index (κ3) is 2.89. The number of hydrogen-bond acceptors (Lipinski definition) is 1. The number of carbonyl (C=O) groups is 1. The van der Waals surface area contributed by atoms with Gasteiger partial charge in [0.15, 0.2) is 0 Å². The summed E-state index contributed by atoms with van der Waals surface area (Å²) in [5.41, 5.74) is 5.95. The Hall–Kier alpha value is -3.33. The molecule has 5 rings (SSSR count). The summed E-state index contributed by atoms with van der Waals surface area (Å²) in [5, 5.41) is 1.32. The molecule has 0 spiro atoms. The first-order chi connectivity index (χ1) is 13.8. The monoisotopic (exact) mass is 366 g/mol. The van der Waals surface area contributed by atoms with E-state index in [-0.39, 0.29) is 5.91 Å². The van der Waals surface area contributed by atoms with Crippen LogP contribution in [0.3, 0.4) is 0 Å². The average molecular weight is 366 g/mol. The molecule has 1 aliphatic rings. The maximum absolute atomic E-state index is 13.0. The zero-order valence-corrected chi connectivity index (χ0v) is 15.7. The van der Waals surface area contributed by atoms with E-state index in [2.05, 4.69) is 53.1 Å². The number of benzene rings is 3. The molecule has 2 heterocycles. The lowest BCUT2D eigenvalue weighted by Gasteiger charge is -2.29. The largest absolute Gasteiger partial charge is 0.338 e. The lowest BCUT2D eigenvalue weighted by Crippen LogP contribution is -2.36. The van der Waals surface area contributed by atoms with Gasteiger partial charge in [-0.15, -0.1) is 0 Å². The second-order valence-electron chi connectivity index (χ2n) is 7.36. The van der Waals surface area contributed by atoms with Crippen LogP contribution >= 0.6 is 0 Å². The first-order valence-electron chi connectivity index (χ1n) is 9.78. The number of carbonyl (C=O) groups excluding carboxylic acids is 1. The maximum Gasteiger partial charge on any atom is 0.254 e. The smallest absolute Gasteiger partial charge is 0.254 e. The van der Waals surface area contributed by atoms with E-state index in [1.807, 2.05) is 41.3 Å². The summed E-state index contributed by atoms with van der Waals surface area (Å²) in [5.74, 6) is 0.114. The van der Waals surface area contributed by atoms with Gasteiger partial charge in [0.1, 0.15) is 0 Å². The van der Waals surface area contributed by atoms with Crippen LogP contribution in [0.2, 0.25) is 0 Å². The molecule has 0 bridgehead atoms. The average Bonchev–Trinajstić information content (AvgIpc) is 3.08. The van der Waals surface area contributed by atoms with Crippen LogP contribution in [0.1, 0.15) is 27.2 Å². The minimum Gasteiger partial charge on any atom is -0.338 e. The summed E-state index contributed by atoms with van der Waals surface area (Å²) in [7, 11) is 0. The molecule has 1 aromatic heterocycles. The zero-order valence-electron chi connectivity index (χ0n) is 15.7. The highest BCUT2D eigenvalue weighted by atomic mass is 16.2. The van der Waals surface area contributed by atoms with Gasteiger partial charge < -0.3 is 9.47 Å². The molecule has 0 aliphatic carbocycles. The van der Waals surface area contributed by atoms with E-state index in [9.17, 15) is 4.79 Å². The molecule has 3 nitrogen and oxygen atoms in total. The number of fused-ring (bicyclic) bond motifs is 3. The van der Waals surface area contributed by atoms with Crippen molar-refractivity contribution in [2.24, 2.45) is 0 Å². The Labute approximate surface area is 164 Å². The Balaban J connectivity index is 1.56. The molecule has 0 saturated heterocycles. The van der Waals surface area contributed by atoms with E-state index in [1.54, 1.807) is 0 Å². The molecule has 4 aromatic rings. The highest BCUT2D eigenvalue weighted by molar-refractivity contribution is 5.95. The van der Waals surface area contributed by atoms with Gasteiger partial charge >= 0.3 is 0 Å². The number of amides is 1. The lowest BCUT2D eigenvalue weighted by molar-refractivity contribution is 0.0731. The number of hydrogen-bond donors (Lipinski definition) is 0. The van der Waals surface area contributed by atoms with Gasteiger partial charge in [0.25, 0.3) is 5.91 Å².